The Morgan fingerprint density at radius 1 is 0.976 bits per heavy atom. The lowest BCUT2D eigenvalue weighted by atomic mass is 9.97. The first-order valence-corrected chi connectivity index (χ1v) is 13.2. The van der Waals surface area contributed by atoms with Crippen molar-refractivity contribution in [2.24, 2.45) is 0 Å². The molecule has 0 unspecified atom stereocenters. The summed E-state index contributed by atoms with van der Waals surface area (Å²) in [4.78, 5) is 11.5. The van der Waals surface area contributed by atoms with E-state index in [0.717, 1.165) is 27.8 Å². The first-order chi connectivity index (χ1) is 20.5. The Bertz CT molecular complexity index is 1730. The monoisotopic (exact) mass is 564 g/mol. The fourth-order valence-corrected chi connectivity index (χ4v) is 4.57. The molecule has 0 amide bonds. The van der Waals surface area contributed by atoms with E-state index in [-0.39, 0.29) is 19.8 Å². The second-order valence-electron chi connectivity index (χ2n) is 9.61. The number of aliphatic hydroxyl groups excluding tert-OH is 1. The number of aliphatic hydroxyl groups is 1. The number of fused-ring (bicyclic) bond motifs is 1. The van der Waals surface area contributed by atoms with Gasteiger partial charge >= 0.3 is 5.97 Å². The number of benzene rings is 4. The van der Waals surface area contributed by atoms with E-state index >= 15 is 0 Å². The third-order valence-corrected chi connectivity index (χ3v) is 6.96. The number of hydrogen-bond donors (Lipinski definition) is 3. The molecule has 0 saturated heterocycles. The Morgan fingerprint density at radius 3 is 2.43 bits per heavy atom. The minimum Gasteiger partial charge on any atom is -0.488 e. The average Bonchev–Trinajstić information content (AvgIpc) is 3.51. The smallest absolute Gasteiger partial charge is 0.323 e. The van der Waals surface area contributed by atoms with Crippen molar-refractivity contribution in [2.75, 3.05) is 6.61 Å². The van der Waals surface area contributed by atoms with Gasteiger partial charge in [0, 0.05) is 18.2 Å². The summed E-state index contributed by atoms with van der Waals surface area (Å²) in [6, 6.07) is 25.7. The quantitative estimate of drug-likeness (QED) is 0.193. The summed E-state index contributed by atoms with van der Waals surface area (Å²) in [5.74, 6) is -0.437. The standard InChI is InChI=1S/C32H28N4O6/c1-20-24(8-5-9-25(20)23-6-3-2-4-7-23)19-41-29-14-28(40-18-22-12-10-21(15-33)11-13-22)26(30-31(29)36-42-35-30)16-34-27(17-37)32(38)39/h2-14,27,34,37H,16-19H2,1H3,(H,38,39)/t27-/m1/s1. The van der Waals surface area contributed by atoms with Crippen molar-refractivity contribution in [1.29, 1.82) is 5.26 Å². The maximum atomic E-state index is 11.5. The SMILES string of the molecule is Cc1c(COc2cc(OCc3ccc(C#N)cc3)c(CN[C@H](CO)C(=O)O)c3nonc23)cccc1-c1ccccc1. The number of carbonyl (C=O) groups is 1. The lowest BCUT2D eigenvalue weighted by Gasteiger charge is -2.17. The number of rotatable bonds is 12. The zero-order chi connectivity index (χ0) is 29.5. The maximum absolute atomic E-state index is 11.5. The number of carboxylic acids is 1. The Balaban J connectivity index is 1.46. The van der Waals surface area contributed by atoms with Crippen molar-refractivity contribution in [2.45, 2.75) is 32.7 Å². The number of aliphatic carboxylic acids is 1. The highest BCUT2D eigenvalue weighted by atomic mass is 16.6. The van der Waals surface area contributed by atoms with E-state index in [9.17, 15) is 15.0 Å². The van der Waals surface area contributed by atoms with Crippen LogP contribution in [0.5, 0.6) is 11.5 Å². The topological polar surface area (TPSA) is 151 Å². The van der Waals surface area contributed by atoms with Gasteiger partial charge in [0.25, 0.3) is 0 Å². The number of nitrogens with zero attached hydrogens (tertiary/aromatic N) is 3. The maximum Gasteiger partial charge on any atom is 0.323 e. The molecule has 0 fully saturated rings. The predicted octanol–water partition coefficient (Wildman–Crippen LogP) is 4.76. The highest BCUT2D eigenvalue weighted by Gasteiger charge is 2.22. The number of hydrogen-bond acceptors (Lipinski definition) is 9. The van der Waals surface area contributed by atoms with E-state index in [1.807, 2.05) is 30.3 Å². The van der Waals surface area contributed by atoms with Gasteiger partial charge in [0.2, 0.25) is 0 Å². The number of nitrogens with one attached hydrogen (secondary N) is 1. The van der Waals surface area contributed by atoms with E-state index in [0.29, 0.717) is 33.7 Å². The van der Waals surface area contributed by atoms with Crippen LogP contribution in [0.4, 0.5) is 0 Å². The molecule has 0 spiro atoms. The highest BCUT2D eigenvalue weighted by molar-refractivity contribution is 5.86. The minimum absolute atomic E-state index is 0.00343. The Labute approximate surface area is 241 Å². The van der Waals surface area contributed by atoms with Crippen LogP contribution < -0.4 is 14.8 Å². The fraction of sp³-hybridized carbons (Fsp3) is 0.188. The van der Waals surface area contributed by atoms with Gasteiger partial charge in [0.05, 0.1) is 18.2 Å². The van der Waals surface area contributed by atoms with E-state index in [1.54, 1.807) is 30.3 Å². The van der Waals surface area contributed by atoms with E-state index < -0.39 is 18.6 Å². The third-order valence-electron chi connectivity index (χ3n) is 6.96. The average molecular weight is 565 g/mol. The van der Waals surface area contributed by atoms with Crippen LogP contribution in [0.3, 0.4) is 0 Å². The molecule has 10 heteroatoms. The number of ether oxygens (including phenoxy) is 2. The molecule has 5 aromatic rings. The molecule has 0 saturated carbocycles. The lowest BCUT2D eigenvalue weighted by molar-refractivity contribution is -0.140. The molecule has 42 heavy (non-hydrogen) atoms. The molecule has 5 rings (SSSR count). The molecule has 1 atom stereocenters. The number of aromatic nitrogens is 2. The predicted molar refractivity (Wildman–Crippen MR) is 154 cm³/mol. The van der Waals surface area contributed by atoms with Crippen LogP contribution >= 0.6 is 0 Å². The zero-order valence-electron chi connectivity index (χ0n) is 22.8. The summed E-state index contributed by atoms with van der Waals surface area (Å²) in [6.45, 7) is 1.86. The van der Waals surface area contributed by atoms with Gasteiger partial charge in [-0.15, -0.1) is 0 Å². The van der Waals surface area contributed by atoms with Crippen LogP contribution in [0.25, 0.3) is 22.2 Å². The summed E-state index contributed by atoms with van der Waals surface area (Å²) in [6.07, 6.45) is 0. The first kappa shape index (κ1) is 28.3. The van der Waals surface area contributed by atoms with Gasteiger partial charge in [-0.2, -0.15) is 5.26 Å². The van der Waals surface area contributed by atoms with Gasteiger partial charge in [-0.3, -0.25) is 10.1 Å². The second kappa shape index (κ2) is 13.0. The Morgan fingerprint density at radius 2 is 1.71 bits per heavy atom. The van der Waals surface area contributed by atoms with E-state index in [4.69, 9.17) is 19.4 Å². The lowest BCUT2D eigenvalue weighted by Crippen LogP contribution is -2.39. The van der Waals surface area contributed by atoms with Crippen molar-refractivity contribution in [3.05, 3.63) is 107 Å². The first-order valence-electron chi connectivity index (χ1n) is 13.2. The van der Waals surface area contributed by atoms with Crippen LogP contribution in [-0.2, 0) is 24.6 Å². The molecule has 0 aliphatic rings. The molecular formula is C32H28N4O6. The molecule has 1 aromatic heterocycles. The van der Waals surface area contributed by atoms with Crippen LogP contribution in [-0.4, -0.2) is 39.1 Å². The molecule has 10 nitrogen and oxygen atoms in total. The van der Waals surface area contributed by atoms with Gasteiger partial charge in [0.15, 0.2) is 11.3 Å². The molecule has 0 aliphatic heterocycles. The number of carboxylic acid groups (broad SMARTS) is 1. The summed E-state index contributed by atoms with van der Waals surface area (Å²) in [7, 11) is 0. The van der Waals surface area contributed by atoms with Crippen LogP contribution in [0, 0.1) is 18.3 Å². The third kappa shape index (κ3) is 6.23. The van der Waals surface area contributed by atoms with Gasteiger partial charge in [-0.05, 0) is 57.2 Å². The minimum atomic E-state index is -1.19. The number of nitriles is 1. The van der Waals surface area contributed by atoms with Crippen molar-refractivity contribution in [3.63, 3.8) is 0 Å². The summed E-state index contributed by atoms with van der Waals surface area (Å²) in [5.41, 5.74) is 6.82. The second-order valence-corrected chi connectivity index (χ2v) is 9.61. The fourth-order valence-electron chi connectivity index (χ4n) is 4.57. The normalized spacial score (nSPS) is 11.6. The zero-order valence-corrected chi connectivity index (χ0v) is 22.8. The molecule has 0 radical (unpaired) electrons. The molecular weight excluding hydrogens is 536 g/mol. The molecule has 4 aromatic carbocycles. The van der Waals surface area contributed by atoms with Gasteiger partial charge < -0.3 is 19.7 Å². The Kier molecular flexibility index (Phi) is 8.72. The van der Waals surface area contributed by atoms with Crippen molar-refractivity contribution < 1.29 is 29.1 Å². The van der Waals surface area contributed by atoms with Crippen molar-refractivity contribution in [3.8, 4) is 28.7 Å². The molecule has 0 bridgehead atoms. The molecule has 0 aliphatic carbocycles. The van der Waals surface area contributed by atoms with Crippen molar-refractivity contribution in [1.82, 2.24) is 15.6 Å². The summed E-state index contributed by atoms with van der Waals surface area (Å²) in [5, 5.41) is 38.9. The van der Waals surface area contributed by atoms with E-state index in [1.165, 1.54) is 0 Å². The highest BCUT2D eigenvalue weighted by Crippen LogP contribution is 2.36. The van der Waals surface area contributed by atoms with Crippen LogP contribution in [0.2, 0.25) is 0 Å². The largest absolute Gasteiger partial charge is 0.488 e. The van der Waals surface area contributed by atoms with E-state index in [2.05, 4.69) is 46.8 Å². The summed E-state index contributed by atoms with van der Waals surface area (Å²) >= 11 is 0. The van der Waals surface area contributed by atoms with Gasteiger partial charge in [-0.1, -0.05) is 60.7 Å². The molecule has 3 N–H and O–H groups in total. The van der Waals surface area contributed by atoms with Crippen molar-refractivity contribution >= 4 is 17.0 Å². The summed E-state index contributed by atoms with van der Waals surface area (Å²) < 4.78 is 17.5. The van der Waals surface area contributed by atoms with Gasteiger partial charge in [-0.25, -0.2) is 4.63 Å². The van der Waals surface area contributed by atoms with Gasteiger partial charge in [0.1, 0.15) is 30.5 Å². The van der Waals surface area contributed by atoms with Crippen LogP contribution in [0.15, 0.2) is 83.5 Å². The molecule has 1 heterocycles. The molecule has 212 valence electrons. The Hall–Kier alpha value is -5.24. The van der Waals surface area contributed by atoms with Crippen LogP contribution in [0.1, 0.15) is 27.8 Å².